The van der Waals surface area contributed by atoms with Gasteiger partial charge in [0.1, 0.15) is 0 Å². The lowest BCUT2D eigenvalue weighted by molar-refractivity contribution is 0.420. The largest absolute Gasteiger partial charge is 0.311 e. The molecule has 3 aliphatic carbocycles. The summed E-state index contributed by atoms with van der Waals surface area (Å²) in [5.41, 5.74) is 23.5. The monoisotopic (exact) mass is 926 g/mol. The number of benzene rings is 10. The van der Waals surface area contributed by atoms with Gasteiger partial charge in [-0.15, -0.1) is 0 Å². The van der Waals surface area contributed by atoms with Gasteiger partial charge in [-0.25, -0.2) is 0 Å². The highest BCUT2D eigenvalue weighted by atomic mass is 15.1. The number of nitrogens with zero attached hydrogens (tertiary/aromatic N) is 2. The highest BCUT2D eigenvalue weighted by molar-refractivity contribution is 5.96. The van der Waals surface area contributed by atoms with E-state index in [0.717, 1.165) is 28.9 Å². The van der Waals surface area contributed by atoms with E-state index in [1.807, 2.05) is 0 Å². The van der Waals surface area contributed by atoms with Gasteiger partial charge in [-0.3, -0.25) is 0 Å². The summed E-state index contributed by atoms with van der Waals surface area (Å²) in [6.07, 6.45) is 5.41. The van der Waals surface area contributed by atoms with Crippen molar-refractivity contribution in [1.29, 1.82) is 0 Å². The van der Waals surface area contributed by atoms with Crippen molar-refractivity contribution in [3.63, 3.8) is 0 Å². The molecule has 2 fully saturated rings. The van der Waals surface area contributed by atoms with Gasteiger partial charge >= 0.3 is 0 Å². The standard InChI is InChI=1S/C70H58N2/c1-70(2)67-29-17-15-27-59(67)60-42-41-58(45-68(60)70)72(69-30-18-16-28-61(69)62-44-48-31-32-53(62)43-48)57-39-35-52(36-40-57)66-47-63(49-19-7-3-8-20-49)65(46-64(66)50-21-9-4-10-22-50)51-33-37-56(38-34-51)71(54-23-11-5-12-24-54)55-25-13-6-14-26-55/h3-30,33-42,45-48,53,62H,31-32,43-44H2,1-2H3. The lowest BCUT2D eigenvalue weighted by atomic mass is 9.81. The first-order chi connectivity index (χ1) is 35.5. The maximum atomic E-state index is 2.57. The summed E-state index contributed by atoms with van der Waals surface area (Å²) in [4.78, 5) is 4.90. The first kappa shape index (κ1) is 43.8. The van der Waals surface area contributed by atoms with Gasteiger partial charge in [0.25, 0.3) is 0 Å². The highest BCUT2D eigenvalue weighted by Gasteiger charge is 2.42. The number of para-hydroxylation sites is 3. The van der Waals surface area contributed by atoms with Crippen LogP contribution in [0, 0.1) is 11.8 Å². The molecule has 0 heterocycles. The Bertz CT molecular complexity index is 3500. The molecule has 0 saturated heterocycles. The molecule has 348 valence electrons. The molecule has 13 rings (SSSR count). The molecule has 0 radical (unpaired) electrons. The van der Waals surface area contributed by atoms with Crippen molar-refractivity contribution in [2.24, 2.45) is 11.8 Å². The zero-order chi connectivity index (χ0) is 48.2. The average Bonchev–Trinajstić information content (AvgIpc) is 4.15. The minimum atomic E-state index is -0.106. The Hall–Kier alpha value is -8.20. The van der Waals surface area contributed by atoms with E-state index in [-0.39, 0.29) is 5.41 Å². The van der Waals surface area contributed by atoms with Crippen molar-refractivity contribution in [3.8, 4) is 55.6 Å². The summed E-state index contributed by atoms with van der Waals surface area (Å²) < 4.78 is 0. The van der Waals surface area contributed by atoms with Gasteiger partial charge < -0.3 is 9.80 Å². The van der Waals surface area contributed by atoms with Gasteiger partial charge in [0.15, 0.2) is 0 Å². The third-order valence-corrected chi connectivity index (χ3v) is 16.4. The molecule has 10 aromatic carbocycles. The highest BCUT2D eigenvalue weighted by Crippen LogP contribution is 2.56. The first-order valence-electron chi connectivity index (χ1n) is 26.0. The number of anilines is 6. The smallest absolute Gasteiger partial charge is 0.0496 e. The van der Waals surface area contributed by atoms with Crippen LogP contribution in [-0.2, 0) is 5.41 Å². The Morgan fingerprint density at radius 2 is 0.778 bits per heavy atom. The topological polar surface area (TPSA) is 6.48 Å². The molecule has 2 saturated carbocycles. The first-order valence-corrected chi connectivity index (χ1v) is 26.0. The summed E-state index contributed by atoms with van der Waals surface area (Å²) in [6, 6.07) is 92.1. The SMILES string of the molecule is CC1(C)c2ccccc2-c2ccc(N(c3ccc(-c4cc(-c5ccccc5)c(-c5ccc(N(c6ccccc6)c6ccccc6)cc5)cc4-c4ccccc4)cc3)c3ccccc3C3CC4CCC3C4)cc21. The fourth-order valence-corrected chi connectivity index (χ4v) is 12.9. The van der Waals surface area contributed by atoms with Crippen molar-refractivity contribution >= 4 is 34.1 Å². The lowest BCUT2D eigenvalue weighted by Gasteiger charge is -2.32. The lowest BCUT2D eigenvalue weighted by Crippen LogP contribution is -2.18. The van der Waals surface area contributed by atoms with Crippen LogP contribution in [0.2, 0.25) is 0 Å². The van der Waals surface area contributed by atoms with Gasteiger partial charge in [-0.2, -0.15) is 0 Å². The van der Waals surface area contributed by atoms with Crippen LogP contribution >= 0.6 is 0 Å². The molecule has 0 aliphatic heterocycles. The molecule has 2 bridgehead atoms. The van der Waals surface area contributed by atoms with E-state index >= 15 is 0 Å². The van der Waals surface area contributed by atoms with E-state index in [4.69, 9.17) is 0 Å². The van der Waals surface area contributed by atoms with E-state index in [2.05, 4.69) is 272 Å². The molecule has 0 amide bonds. The van der Waals surface area contributed by atoms with Gasteiger partial charge in [-0.05, 0) is 188 Å². The van der Waals surface area contributed by atoms with Crippen LogP contribution < -0.4 is 9.80 Å². The molecule has 10 aromatic rings. The molecule has 0 N–H and O–H groups in total. The average molecular weight is 927 g/mol. The second-order valence-electron chi connectivity index (χ2n) is 20.9. The Balaban J connectivity index is 0.943. The second-order valence-corrected chi connectivity index (χ2v) is 20.9. The fraction of sp³-hybridized carbons (Fsp3) is 0.143. The molecular formula is C70H58N2. The predicted octanol–water partition coefficient (Wildman–Crippen LogP) is 19.5. The number of rotatable bonds is 11. The summed E-state index contributed by atoms with van der Waals surface area (Å²) in [5, 5.41) is 0. The van der Waals surface area contributed by atoms with Gasteiger partial charge in [0, 0.05) is 39.5 Å². The molecule has 2 heteroatoms. The quantitative estimate of drug-likeness (QED) is 0.128. The van der Waals surface area contributed by atoms with Crippen LogP contribution in [0.5, 0.6) is 0 Å². The molecule has 3 unspecified atom stereocenters. The Labute approximate surface area is 425 Å². The third-order valence-electron chi connectivity index (χ3n) is 16.4. The van der Waals surface area contributed by atoms with Crippen LogP contribution in [0.15, 0.2) is 249 Å². The Morgan fingerprint density at radius 1 is 0.333 bits per heavy atom. The van der Waals surface area contributed by atoms with Crippen molar-refractivity contribution in [2.45, 2.75) is 50.9 Å². The van der Waals surface area contributed by atoms with Crippen molar-refractivity contribution in [1.82, 2.24) is 0 Å². The fourth-order valence-electron chi connectivity index (χ4n) is 12.9. The van der Waals surface area contributed by atoms with Crippen LogP contribution in [-0.4, -0.2) is 0 Å². The molecule has 3 atom stereocenters. The van der Waals surface area contributed by atoms with E-state index in [1.165, 1.54) is 115 Å². The maximum absolute atomic E-state index is 2.57. The summed E-state index contributed by atoms with van der Waals surface area (Å²) in [5.74, 6) is 2.21. The minimum absolute atomic E-state index is 0.106. The van der Waals surface area contributed by atoms with E-state index < -0.39 is 0 Å². The second kappa shape index (κ2) is 18.2. The number of hydrogen-bond acceptors (Lipinski definition) is 2. The molecule has 2 nitrogen and oxygen atoms in total. The molecule has 3 aliphatic rings. The van der Waals surface area contributed by atoms with Crippen molar-refractivity contribution < 1.29 is 0 Å². The number of fused-ring (bicyclic) bond motifs is 5. The van der Waals surface area contributed by atoms with Gasteiger partial charge in [-0.1, -0.05) is 190 Å². The van der Waals surface area contributed by atoms with Crippen molar-refractivity contribution in [2.75, 3.05) is 9.80 Å². The minimum Gasteiger partial charge on any atom is -0.311 e. The maximum Gasteiger partial charge on any atom is 0.0496 e. The van der Waals surface area contributed by atoms with Crippen LogP contribution in [0.4, 0.5) is 34.1 Å². The van der Waals surface area contributed by atoms with E-state index in [9.17, 15) is 0 Å². The summed E-state index contributed by atoms with van der Waals surface area (Å²) in [6.45, 7) is 4.78. The molecular weight excluding hydrogens is 869 g/mol. The van der Waals surface area contributed by atoms with Gasteiger partial charge in [0.05, 0.1) is 0 Å². The predicted molar refractivity (Wildman–Crippen MR) is 303 cm³/mol. The molecule has 0 spiro atoms. The third kappa shape index (κ3) is 7.74. The van der Waals surface area contributed by atoms with E-state index in [1.54, 1.807) is 0 Å². The normalized spacial score (nSPS) is 17.1. The van der Waals surface area contributed by atoms with Crippen LogP contribution in [0.3, 0.4) is 0 Å². The van der Waals surface area contributed by atoms with Crippen molar-refractivity contribution in [3.05, 3.63) is 265 Å². The zero-order valence-corrected chi connectivity index (χ0v) is 41.1. The molecule has 72 heavy (non-hydrogen) atoms. The number of hydrogen-bond donors (Lipinski definition) is 0. The zero-order valence-electron chi connectivity index (χ0n) is 41.1. The van der Waals surface area contributed by atoms with Gasteiger partial charge in [0.2, 0.25) is 0 Å². The summed E-state index contributed by atoms with van der Waals surface area (Å²) in [7, 11) is 0. The molecule has 0 aromatic heterocycles. The van der Waals surface area contributed by atoms with Crippen LogP contribution in [0.1, 0.15) is 62.1 Å². The van der Waals surface area contributed by atoms with Crippen LogP contribution in [0.25, 0.3) is 55.6 Å². The van der Waals surface area contributed by atoms with E-state index in [0.29, 0.717) is 5.92 Å². The Morgan fingerprint density at radius 3 is 1.32 bits per heavy atom. The Kier molecular flexibility index (Phi) is 11.1. The summed E-state index contributed by atoms with van der Waals surface area (Å²) >= 11 is 0.